The van der Waals surface area contributed by atoms with E-state index in [-0.39, 0.29) is 5.91 Å². The van der Waals surface area contributed by atoms with Gasteiger partial charge in [-0.1, -0.05) is 30.3 Å². The van der Waals surface area contributed by atoms with E-state index in [1.165, 1.54) is 11.1 Å². The molecule has 1 aliphatic rings. The molecule has 1 N–H and O–H groups in total. The first-order valence-corrected chi connectivity index (χ1v) is 8.91. The van der Waals surface area contributed by atoms with E-state index >= 15 is 0 Å². The summed E-state index contributed by atoms with van der Waals surface area (Å²) in [5.74, 6) is -0.00652. The molecule has 0 saturated carbocycles. The number of carbonyl (C=O) groups excluding carboxylic acids is 1. The molecule has 4 nitrogen and oxygen atoms in total. The van der Waals surface area contributed by atoms with Crippen molar-refractivity contribution in [2.45, 2.75) is 25.9 Å². The van der Waals surface area contributed by atoms with Crippen LogP contribution in [0.4, 0.5) is 5.69 Å². The van der Waals surface area contributed by atoms with Crippen LogP contribution >= 0.6 is 0 Å². The molecular weight excluding hydrogens is 310 g/mol. The van der Waals surface area contributed by atoms with Crippen LogP contribution in [0.25, 0.3) is 0 Å². The predicted octanol–water partition coefficient (Wildman–Crippen LogP) is 2.93. The van der Waals surface area contributed by atoms with Crippen LogP contribution in [0.1, 0.15) is 28.4 Å². The summed E-state index contributed by atoms with van der Waals surface area (Å²) in [6, 6.07) is 16.7. The Bertz CT molecular complexity index is 741. The average Bonchev–Trinajstić information content (AvgIpc) is 2.65. The maximum Gasteiger partial charge on any atom is 0.251 e. The number of benzene rings is 2. The highest BCUT2D eigenvalue weighted by Gasteiger charge is 2.20. The quantitative estimate of drug-likeness (QED) is 0.911. The number of hydrogen-bond acceptors (Lipinski definition) is 3. The molecule has 0 spiro atoms. The van der Waals surface area contributed by atoms with E-state index in [4.69, 9.17) is 0 Å². The Morgan fingerprint density at radius 2 is 1.92 bits per heavy atom. The van der Waals surface area contributed by atoms with Gasteiger partial charge in [-0.25, -0.2) is 0 Å². The molecule has 2 aromatic rings. The van der Waals surface area contributed by atoms with Gasteiger partial charge in [-0.2, -0.15) is 0 Å². The molecule has 0 fully saturated rings. The van der Waals surface area contributed by atoms with Crippen LogP contribution in [0.2, 0.25) is 0 Å². The van der Waals surface area contributed by atoms with Crippen molar-refractivity contribution in [3.05, 3.63) is 65.2 Å². The third kappa shape index (κ3) is 4.20. The van der Waals surface area contributed by atoms with E-state index in [0.717, 1.165) is 25.2 Å². The smallest absolute Gasteiger partial charge is 0.251 e. The largest absolute Gasteiger partial charge is 0.378 e. The lowest BCUT2D eigenvalue weighted by Gasteiger charge is -2.33. The Balaban J connectivity index is 1.56. The third-order valence-electron chi connectivity index (χ3n) is 4.97. The van der Waals surface area contributed by atoms with Crippen LogP contribution in [0.3, 0.4) is 0 Å². The van der Waals surface area contributed by atoms with Crippen molar-refractivity contribution >= 4 is 11.6 Å². The fourth-order valence-corrected chi connectivity index (χ4v) is 3.29. The Kier molecular flexibility index (Phi) is 5.39. The third-order valence-corrected chi connectivity index (χ3v) is 4.97. The Morgan fingerprint density at radius 1 is 1.16 bits per heavy atom. The molecule has 1 aliphatic heterocycles. The van der Waals surface area contributed by atoms with Gasteiger partial charge in [-0.05, 0) is 42.7 Å². The molecule has 2 aromatic carbocycles. The van der Waals surface area contributed by atoms with Crippen molar-refractivity contribution in [2.75, 3.05) is 32.1 Å². The van der Waals surface area contributed by atoms with E-state index in [1.54, 1.807) is 0 Å². The molecule has 132 valence electrons. The van der Waals surface area contributed by atoms with E-state index in [0.29, 0.717) is 18.2 Å². The summed E-state index contributed by atoms with van der Waals surface area (Å²) in [7, 11) is 3.96. The minimum Gasteiger partial charge on any atom is -0.378 e. The van der Waals surface area contributed by atoms with Gasteiger partial charge in [0.25, 0.3) is 5.91 Å². The van der Waals surface area contributed by atoms with E-state index in [2.05, 4.69) is 41.4 Å². The van der Waals surface area contributed by atoms with Crippen molar-refractivity contribution in [3.8, 4) is 0 Å². The minimum absolute atomic E-state index is 0.00652. The number of hydrogen-bond donors (Lipinski definition) is 1. The molecule has 1 unspecified atom stereocenters. The van der Waals surface area contributed by atoms with Crippen molar-refractivity contribution in [2.24, 2.45) is 0 Å². The van der Waals surface area contributed by atoms with Gasteiger partial charge < -0.3 is 10.2 Å². The van der Waals surface area contributed by atoms with Crippen LogP contribution in [0.15, 0.2) is 48.5 Å². The molecule has 1 heterocycles. The van der Waals surface area contributed by atoms with Crippen LogP contribution in [-0.2, 0) is 13.0 Å². The summed E-state index contributed by atoms with van der Waals surface area (Å²) in [4.78, 5) is 16.9. The van der Waals surface area contributed by atoms with E-state index in [9.17, 15) is 4.79 Å². The molecule has 25 heavy (non-hydrogen) atoms. The number of rotatable bonds is 5. The Labute approximate surface area is 150 Å². The normalized spacial score (nSPS) is 15.3. The zero-order valence-corrected chi connectivity index (χ0v) is 15.3. The molecule has 0 bridgehead atoms. The number of nitrogens with one attached hydrogen (secondary N) is 1. The maximum absolute atomic E-state index is 12.5. The molecule has 3 rings (SSSR count). The summed E-state index contributed by atoms with van der Waals surface area (Å²) in [6.45, 7) is 4.85. The van der Waals surface area contributed by atoms with Gasteiger partial charge in [0.15, 0.2) is 0 Å². The summed E-state index contributed by atoms with van der Waals surface area (Å²) < 4.78 is 0. The number of nitrogens with zero attached hydrogens (tertiary/aromatic N) is 2. The Morgan fingerprint density at radius 3 is 2.68 bits per heavy atom. The lowest BCUT2D eigenvalue weighted by atomic mass is 9.99. The highest BCUT2D eigenvalue weighted by Crippen LogP contribution is 2.20. The summed E-state index contributed by atoms with van der Waals surface area (Å²) in [5, 5.41) is 3.09. The molecule has 1 atom stereocenters. The lowest BCUT2D eigenvalue weighted by molar-refractivity contribution is 0.0932. The highest BCUT2D eigenvalue weighted by molar-refractivity contribution is 5.95. The van der Waals surface area contributed by atoms with Crippen molar-refractivity contribution in [1.82, 2.24) is 10.2 Å². The van der Waals surface area contributed by atoms with Crippen molar-refractivity contribution < 1.29 is 4.79 Å². The number of amides is 1. The van der Waals surface area contributed by atoms with Gasteiger partial charge in [0, 0.05) is 51.0 Å². The predicted molar refractivity (Wildman–Crippen MR) is 103 cm³/mol. The number of anilines is 1. The monoisotopic (exact) mass is 337 g/mol. The first-order valence-electron chi connectivity index (χ1n) is 8.91. The fraction of sp³-hybridized carbons (Fsp3) is 0.381. The van der Waals surface area contributed by atoms with Crippen LogP contribution in [0, 0.1) is 0 Å². The summed E-state index contributed by atoms with van der Waals surface area (Å²) >= 11 is 0. The van der Waals surface area contributed by atoms with Crippen LogP contribution in [-0.4, -0.2) is 44.0 Å². The average molecular weight is 337 g/mol. The highest BCUT2D eigenvalue weighted by atomic mass is 16.1. The van der Waals surface area contributed by atoms with Crippen molar-refractivity contribution in [3.63, 3.8) is 0 Å². The van der Waals surface area contributed by atoms with Gasteiger partial charge in [0.05, 0.1) is 0 Å². The molecule has 0 saturated heterocycles. The topological polar surface area (TPSA) is 35.6 Å². The van der Waals surface area contributed by atoms with Gasteiger partial charge in [0.2, 0.25) is 0 Å². The summed E-state index contributed by atoms with van der Waals surface area (Å²) in [6.07, 6.45) is 1.08. The van der Waals surface area contributed by atoms with Gasteiger partial charge in [0.1, 0.15) is 0 Å². The van der Waals surface area contributed by atoms with Crippen LogP contribution in [0.5, 0.6) is 0 Å². The maximum atomic E-state index is 12.5. The van der Waals surface area contributed by atoms with Crippen molar-refractivity contribution in [1.29, 1.82) is 0 Å². The lowest BCUT2D eigenvalue weighted by Crippen LogP contribution is -2.44. The van der Waals surface area contributed by atoms with Gasteiger partial charge in [-0.15, -0.1) is 0 Å². The zero-order chi connectivity index (χ0) is 17.8. The molecule has 0 aliphatic carbocycles. The molecule has 4 heteroatoms. The van der Waals surface area contributed by atoms with Gasteiger partial charge >= 0.3 is 0 Å². The zero-order valence-electron chi connectivity index (χ0n) is 15.3. The number of carbonyl (C=O) groups is 1. The standard InChI is InChI=1S/C21H27N3O/c1-16(24-12-11-17-7-4-5-8-19(17)15-24)14-22-21(25)18-9-6-10-20(13-18)23(2)3/h4-10,13,16H,11-12,14-15H2,1-3H3,(H,22,25). The van der Waals surface area contributed by atoms with E-state index in [1.807, 2.05) is 43.3 Å². The molecular formula is C21H27N3O. The van der Waals surface area contributed by atoms with Gasteiger partial charge in [-0.3, -0.25) is 9.69 Å². The SMILES string of the molecule is CC(CNC(=O)c1cccc(N(C)C)c1)N1CCc2ccccc2C1. The second kappa shape index (κ2) is 7.70. The first-order chi connectivity index (χ1) is 12.0. The molecule has 1 amide bonds. The molecule has 0 aromatic heterocycles. The fourth-order valence-electron chi connectivity index (χ4n) is 3.29. The van der Waals surface area contributed by atoms with E-state index < -0.39 is 0 Å². The Hall–Kier alpha value is -2.33. The molecule has 0 radical (unpaired) electrons. The second-order valence-corrected chi connectivity index (χ2v) is 6.99. The number of fused-ring (bicyclic) bond motifs is 1. The minimum atomic E-state index is -0.00652. The van der Waals surface area contributed by atoms with Crippen LogP contribution < -0.4 is 10.2 Å². The summed E-state index contributed by atoms with van der Waals surface area (Å²) in [5.41, 5.74) is 4.61. The first kappa shape index (κ1) is 17.5. The second-order valence-electron chi connectivity index (χ2n) is 6.99.